The summed E-state index contributed by atoms with van der Waals surface area (Å²) in [5, 5.41) is 0. The molecule has 0 aliphatic carbocycles. The van der Waals surface area contributed by atoms with Crippen molar-refractivity contribution in [2.45, 2.75) is 20.8 Å². The average Bonchev–Trinajstić information content (AvgIpc) is 2.20. The predicted molar refractivity (Wildman–Crippen MR) is 62.3 cm³/mol. The number of carbonyl (C=O) groups is 1. The van der Waals surface area contributed by atoms with Crippen molar-refractivity contribution < 1.29 is 9.53 Å². The highest BCUT2D eigenvalue weighted by Gasteiger charge is 2.04. The number of ether oxygens (including phenoxy) is 1. The van der Waals surface area contributed by atoms with Crippen LogP contribution in [-0.4, -0.2) is 12.6 Å². The van der Waals surface area contributed by atoms with Crippen LogP contribution in [0, 0.1) is 5.92 Å². The maximum Gasteiger partial charge on any atom is 0.308 e. The van der Waals surface area contributed by atoms with Crippen molar-refractivity contribution in [1.29, 1.82) is 0 Å². The molecule has 2 N–H and O–H groups in total. The fourth-order valence-corrected chi connectivity index (χ4v) is 0.762. The topological polar surface area (TPSA) is 52.3 Å². The zero-order chi connectivity index (χ0) is 11.7. The summed E-state index contributed by atoms with van der Waals surface area (Å²) < 4.78 is 4.66. The Morgan fingerprint density at radius 3 is 2.07 bits per heavy atom. The van der Waals surface area contributed by atoms with Crippen molar-refractivity contribution in [3.05, 3.63) is 30.3 Å². The lowest BCUT2D eigenvalue weighted by molar-refractivity contribution is -0.146. The van der Waals surface area contributed by atoms with Gasteiger partial charge in [-0.3, -0.25) is 4.79 Å². The number of anilines is 1. The van der Waals surface area contributed by atoms with Gasteiger partial charge < -0.3 is 10.5 Å². The zero-order valence-electron chi connectivity index (χ0n) is 9.57. The first-order chi connectivity index (χ1) is 7.07. The third-order valence-electron chi connectivity index (χ3n) is 1.56. The van der Waals surface area contributed by atoms with Gasteiger partial charge in [0.1, 0.15) is 0 Å². The van der Waals surface area contributed by atoms with E-state index in [1.54, 1.807) is 6.92 Å². The standard InChI is InChI=1S/C6H7N.C6H12O2/c7-6-4-2-1-3-5-6;1-4-8-6(7)5(2)3/h1-5H,7H2;5H,4H2,1-3H3. The van der Waals surface area contributed by atoms with Crippen LogP contribution in [0.25, 0.3) is 0 Å². The van der Waals surface area contributed by atoms with Crippen LogP contribution in [0.4, 0.5) is 5.69 Å². The summed E-state index contributed by atoms with van der Waals surface area (Å²) in [5.74, 6) is -0.109. The van der Waals surface area contributed by atoms with Gasteiger partial charge in [0.2, 0.25) is 0 Å². The number of hydrogen-bond donors (Lipinski definition) is 1. The van der Waals surface area contributed by atoms with Crippen LogP contribution in [0.3, 0.4) is 0 Å². The SMILES string of the molecule is CCOC(=O)C(C)C.Nc1ccccc1. The summed E-state index contributed by atoms with van der Waals surface area (Å²) in [5.41, 5.74) is 6.18. The number of benzene rings is 1. The molecule has 1 aromatic carbocycles. The number of carbonyl (C=O) groups excluding carboxylic acids is 1. The summed E-state index contributed by atoms with van der Waals surface area (Å²) in [4.78, 5) is 10.5. The third kappa shape index (κ3) is 7.55. The number of para-hydroxylation sites is 1. The Bertz CT molecular complexity index is 270. The quantitative estimate of drug-likeness (QED) is 0.601. The fraction of sp³-hybridized carbons (Fsp3) is 0.417. The molecular formula is C12H19NO2. The van der Waals surface area contributed by atoms with Crippen molar-refractivity contribution in [1.82, 2.24) is 0 Å². The molecule has 0 aliphatic heterocycles. The highest BCUT2D eigenvalue weighted by atomic mass is 16.5. The molecule has 0 amide bonds. The van der Waals surface area contributed by atoms with Crippen LogP contribution in [-0.2, 0) is 9.53 Å². The van der Waals surface area contributed by atoms with Crippen molar-refractivity contribution in [2.24, 2.45) is 5.92 Å². The maximum atomic E-state index is 10.5. The minimum atomic E-state index is -0.118. The van der Waals surface area contributed by atoms with E-state index in [2.05, 4.69) is 4.74 Å². The second kappa shape index (κ2) is 7.85. The van der Waals surface area contributed by atoms with Crippen LogP contribution >= 0.6 is 0 Å². The van der Waals surface area contributed by atoms with E-state index in [4.69, 9.17) is 5.73 Å². The van der Waals surface area contributed by atoms with E-state index in [-0.39, 0.29) is 11.9 Å². The molecule has 0 aliphatic rings. The van der Waals surface area contributed by atoms with Crippen molar-refractivity contribution in [3.63, 3.8) is 0 Å². The van der Waals surface area contributed by atoms with Gasteiger partial charge in [0, 0.05) is 5.69 Å². The normalized spacial score (nSPS) is 9.07. The first kappa shape index (κ1) is 13.5. The van der Waals surface area contributed by atoms with E-state index >= 15 is 0 Å². The summed E-state index contributed by atoms with van der Waals surface area (Å²) in [6.45, 7) is 5.92. The summed E-state index contributed by atoms with van der Waals surface area (Å²) in [6, 6.07) is 9.49. The van der Waals surface area contributed by atoms with Gasteiger partial charge in [-0.1, -0.05) is 32.0 Å². The van der Waals surface area contributed by atoms with Gasteiger partial charge in [-0.25, -0.2) is 0 Å². The molecule has 0 saturated heterocycles. The molecule has 0 heterocycles. The van der Waals surface area contributed by atoms with Gasteiger partial charge >= 0.3 is 5.97 Å². The van der Waals surface area contributed by atoms with Gasteiger partial charge in [-0.15, -0.1) is 0 Å². The lowest BCUT2D eigenvalue weighted by Gasteiger charge is -2.01. The number of rotatable bonds is 2. The van der Waals surface area contributed by atoms with E-state index in [0.717, 1.165) is 5.69 Å². The minimum Gasteiger partial charge on any atom is -0.466 e. The predicted octanol–water partition coefficient (Wildman–Crippen LogP) is 2.47. The maximum absolute atomic E-state index is 10.5. The molecule has 0 atom stereocenters. The zero-order valence-corrected chi connectivity index (χ0v) is 9.57. The lowest BCUT2D eigenvalue weighted by atomic mass is 10.2. The monoisotopic (exact) mass is 209 g/mol. The molecule has 0 unspecified atom stereocenters. The molecule has 1 aromatic rings. The number of nitrogen functional groups attached to an aromatic ring is 1. The minimum absolute atomic E-state index is 0.00921. The Kier molecular flexibility index (Phi) is 7.06. The Morgan fingerprint density at radius 2 is 1.87 bits per heavy atom. The largest absolute Gasteiger partial charge is 0.466 e. The molecule has 0 fully saturated rings. The van der Waals surface area contributed by atoms with Crippen LogP contribution in [0.15, 0.2) is 30.3 Å². The first-order valence-electron chi connectivity index (χ1n) is 5.05. The Labute approximate surface area is 91.2 Å². The van der Waals surface area contributed by atoms with Gasteiger partial charge in [0.15, 0.2) is 0 Å². The Balaban J connectivity index is 0.000000262. The molecule has 0 spiro atoms. The molecule has 0 radical (unpaired) electrons. The molecule has 84 valence electrons. The second-order valence-corrected chi connectivity index (χ2v) is 3.32. The molecule has 3 heteroatoms. The highest BCUT2D eigenvalue weighted by molar-refractivity contribution is 5.71. The molecule has 0 bridgehead atoms. The third-order valence-corrected chi connectivity index (χ3v) is 1.56. The summed E-state index contributed by atoms with van der Waals surface area (Å²) in [7, 11) is 0. The average molecular weight is 209 g/mol. The Hall–Kier alpha value is -1.51. The molecule has 0 aromatic heterocycles. The molecule has 15 heavy (non-hydrogen) atoms. The molecular weight excluding hydrogens is 190 g/mol. The fourth-order valence-electron chi connectivity index (χ4n) is 0.762. The number of hydrogen-bond acceptors (Lipinski definition) is 3. The van der Waals surface area contributed by atoms with E-state index in [1.165, 1.54) is 0 Å². The highest BCUT2D eigenvalue weighted by Crippen LogP contribution is 1.96. The summed E-state index contributed by atoms with van der Waals surface area (Å²) in [6.07, 6.45) is 0. The van der Waals surface area contributed by atoms with E-state index in [9.17, 15) is 4.79 Å². The van der Waals surface area contributed by atoms with Crippen LogP contribution < -0.4 is 5.73 Å². The van der Waals surface area contributed by atoms with E-state index in [0.29, 0.717) is 6.61 Å². The van der Waals surface area contributed by atoms with Crippen molar-refractivity contribution >= 4 is 11.7 Å². The molecule has 0 saturated carbocycles. The van der Waals surface area contributed by atoms with Crippen LogP contribution in [0.2, 0.25) is 0 Å². The van der Waals surface area contributed by atoms with Crippen molar-refractivity contribution in [3.8, 4) is 0 Å². The van der Waals surface area contributed by atoms with Crippen LogP contribution in [0.5, 0.6) is 0 Å². The van der Waals surface area contributed by atoms with Gasteiger partial charge in [-0.2, -0.15) is 0 Å². The van der Waals surface area contributed by atoms with Crippen molar-refractivity contribution in [2.75, 3.05) is 12.3 Å². The second-order valence-electron chi connectivity index (χ2n) is 3.32. The molecule has 1 rings (SSSR count). The van der Waals surface area contributed by atoms with Gasteiger partial charge in [0.25, 0.3) is 0 Å². The summed E-state index contributed by atoms with van der Waals surface area (Å²) >= 11 is 0. The van der Waals surface area contributed by atoms with E-state index in [1.807, 2.05) is 44.2 Å². The van der Waals surface area contributed by atoms with Gasteiger partial charge in [0.05, 0.1) is 12.5 Å². The molecule has 3 nitrogen and oxygen atoms in total. The lowest BCUT2D eigenvalue weighted by Crippen LogP contribution is -2.10. The van der Waals surface area contributed by atoms with Gasteiger partial charge in [-0.05, 0) is 19.1 Å². The first-order valence-corrected chi connectivity index (χ1v) is 5.05. The smallest absolute Gasteiger partial charge is 0.308 e. The Morgan fingerprint density at radius 1 is 1.33 bits per heavy atom. The number of nitrogens with two attached hydrogens (primary N) is 1. The van der Waals surface area contributed by atoms with Crippen LogP contribution in [0.1, 0.15) is 20.8 Å². The number of esters is 1. The van der Waals surface area contributed by atoms with E-state index < -0.39 is 0 Å².